The lowest BCUT2D eigenvalue weighted by Gasteiger charge is -2.20. The van der Waals surface area contributed by atoms with Crippen LogP contribution in [0.3, 0.4) is 0 Å². The molecule has 0 aliphatic carbocycles. The highest BCUT2D eigenvalue weighted by Crippen LogP contribution is 2.31. The van der Waals surface area contributed by atoms with Crippen LogP contribution < -0.4 is 4.31 Å². The van der Waals surface area contributed by atoms with Gasteiger partial charge in [-0.1, -0.05) is 25.9 Å². The molecule has 1 aromatic heterocycles. The molecule has 0 bridgehead atoms. The third-order valence-electron chi connectivity index (χ3n) is 4.54. The molecule has 1 heterocycles. The monoisotopic (exact) mass is 487 g/mol. The van der Waals surface area contributed by atoms with Crippen molar-refractivity contribution in [2.45, 2.75) is 44.7 Å². The molecule has 0 spiro atoms. The van der Waals surface area contributed by atoms with E-state index in [-0.39, 0.29) is 16.8 Å². The van der Waals surface area contributed by atoms with Gasteiger partial charge < -0.3 is 15.3 Å². The Labute approximate surface area is 200 Å². The van der Waals surface area contributed by atoms with E-state index in [1.54, 1.807) is 0 Å². The number of hydrogen-bond acceptors (Lipinski definition) is 7. The predicted molar refractivity (Wildman–Crippen MR) is 123 cm³/mol. The maximum absolute atomic E-state index is 13.7. The van der Waals surface area contributed by atoms with Crippen LogP contribution in [0, 0.1) is 5.82 Å². The van der Waals surface area contributed by atoms with E-state index in [9.17, 15) is 27.8 Å². The van der Waals surface area contributed by atoms with Crippen LogP contribution in [0.1, 0.15) is 51.9 Å². The van der Waals surface area contributed by atoms with Gasteiger partial charge in [0.25, 0.3) is 0 Å². The molecule has 33 heavy (non-hydrogen) atoms. The highest BCUT2D eigenvalue weighted by molar-refractivity contribution is 7.92. The van der Waals surface area contributed by atoms with Gasteiger partial charge in [0.2, 0.25) is 16.0 Å². The molecule has 0 fully saturated rings. The van der Waals surface area contributed by atoms with Crippen molar-refractivity contribution in [3.8, 4) is 11.3 Å². The Hall–Kier alpha value is -2.89. The Morgan fingerprint density at radius 3 is 2.42 bits per heavy atom. The van der Waals surface area contributed by atoms with Crippen molar-refractivity contribution < 1.29 is 41.1 Å². The zero-order valence-electron chi connectivity index (χ0n) is 23.8. The predicted octanol–water partition coefficient (Wildman–Crippen LogP) is 2.40. The van der Waals surface area contributed by atoms with E-state index in [0.717, 1.165) is 37.6 Å². The average Bonchev–Trinajstić information content (AvgIpc) is 2.74. The summed E-state index contributed by atoms with van der Waals surface area (Å²) >= 11 is 0. The van der Waals surface area contributed by atoms with Crippen molar-refractivity contribution in [3.05, 3.63) is 47.4 Å². The molecule has 0 aliphatic heterocycles. The first-order valence-electron chi connectivity index (χ1n) is 12.6. The Balaban J connectivity index is 2.91. The third-order valence-corrected chi connectivity index (χ3v) is 5.70. The van der Waals surface area contributed by atoms with E-state index in [4.69, 9.17) is 13.3 Å². The quantitative estimate of drug-likeness (QED) is 0.464. The van der Waals surface area contributed by atoms with Gasteiger partial charge in [-0.3, -0.25) is 4.79 Å². The number of carboxylic acids is 1. The molecule has 3 N–H and O–H groups in total. The summed E-state index contributed by atoms with van der Waals surface area (Å²) in [6.45, 7) is -6.33. The number of aliphatic hydroxyl groups is 2. The van der Waals surface area contributed by atoms with Crippen molar-refractivity contribution >= 4 is 28.0 Å². The fourth-order valence-corrected chi connectivity index (χ4v) is 3.20. The van der Waals surface area contributed by atoms with Crippen molar-refractivity contribution in [2.75, 3.05) is 17.6 Å². The summed E-state index contributed by atoms with van der Waals surface area (Å²) in [5.74, 6) is -4.74. The second kappa shape index (κ2) is 10.8. The first kappa shape index (κ1) is 18.5. The van der Waals surface area contributed by atoms with E-state index in [2.05, 4.69) is 9.97 Å². The Morgan fingerprint density at radius 1 is 1.24 bits per heavy atom. The number of aromatic nitrogens is 2. The molecule has 11 heteroatoms. The van der Waals surface area contributed by atoms with Crippen molar-refractivity contribution in [3.63, 3.8) is 0 Å². The van der Waals surface area contributed by atoms with Crippen molar-refractivity contribution in [1.29, 1.82) is 0 Å². The number of rotatable bonds is 10. The summed E-state index contributed by atoms with van der Waals surface area (Å²) in [5.41, 5.74) is -0.850. The number of carbonyl (C=O) groups is 1. The number of hydrogen-bond donors (Lipinski definition) is 3. The minimum atomic E-state index is -4.00. The maximum Gasteiger partial charge on any atom is 0.305 e. The zero-order valence-corrected chi connectivity index (χ0v) is 18.6. The number of carboxylic acid groups (broad SMARTS) is 1. The molecule has 2 atom stereocenters. The van der Waals surface area contributed by atoms with Crippen LogP contribution in [0.5, 0.6) is 0 Å². The molecule has 0 unspecified atom stereocenters. The van der Waals surface area contributed by atoms with Gasteiger partial charge in [0.1, 0.15) is 5.82 Å². The number of aliphatic carboxylic acids is 1. The second-order valence-electron chi connectivity index (χ2n) is 7.26. The van der Waals surface area contributed by atoms with Gasteiger partial charge in [0, 0.05) is 32.8 Å². The number of sulfonamides is 1. The molecule has 9 nitrogen and oxygen atoms in total. The minimum Gasteiger partial charge on any atom is -0.481 e. The van der Waals surface area contributed by atoms with E-state index in [1.165, 1.54) is 12.1 Å². The Morgan fingerprint density at radius 2 is 1.88 bits per heavy atom. The lowest BCUT2D eigenvalue weighted by molar-refractivity contribution is -0.139. The second-order valence-corrected chi connectivity index (χ2v) is 9.27. The standard InChI is InChI=1S/C22H28FN3O6S/c1-13(2)20-18(10-9-16(27)11-17(28)12-19(29)30)21(14-5-7-15(23)8-6-14)25-22(24-20)26(3)33(4,31)32/h5-10,13,16-17,27-28H,11-12H2,1-4H3,(H,29,30)/t16-,17-/m1/s1/i1D3,2D3. The average molecular weight is 488 g/mol. The van der Waals surface area contributed by atoms with E-state index < -0.39 is 78.1 Å². The molecule has 2 rings (SSSR count). The van der Waals surface area contributed by atoms with Gasteiger partial charge >= 0.3 is 5.97 Å². The SMILES string of the molecule is [2H]C([2H])([2H])C(c1nc(N(C)S(C)(=O)=O)nc(-c2ccc(F)cc2)c1C=C[C@@H](O)C[C@@H](O)CC(=O)O)C([2H])([2H])[2H]. The van der Waals surface area contributed by atoms with E-state index in [1.807, 2.05) is 0 Å². The highest BCUT2D eigenvalue weighted by Gasteiger charge is 2.22. The molecule has 1 aromatic carbocycles. The smallest absolute Gasteiger partial charge is 0.305 e. The molecule has 2 aromatic rings. The first-order chi connectivity index (χ1) is 17.7. The number of aliphatic hydroxyl groups excluding tert-OH is 2. The fourth-order valence-electron chi connectivity index (χ4n) is 2.83. The molecule has 180 valence electrons. The highest BCUT2D eigenvalue weighted by atomic mass is 32.2. The summed E-state index contributed by atoms with van der Waals surface area (Å²) in [5, 5.41) is 29.0. The van der Waals surface area contributed by atoms with Crippen molar-refractivity contribution in [2.24, 2.45) is 0 Å². The van der Waals surface area contributed by atoms with Gasteiger partial charge in [0.15, 0.2) is 0 Å². The van der Waals surface area contributed by atoms with Crippen molar-refractivity contribution in [1.82, 2.24) is 9.97 Å². The topological polar surface area (TPSA) is 141 Å². The molecule has 0 aliphatic rings. The summed E-state index contributed by atoms with van der Waals surface area (Å²) in [7, 11) is -2.93. The van der Waals surface area contributed by atoms with Crippen LogP contribution in [0.2, 0.25) is 0 Å². The largest absolute Gasteiger partial charge is 0.481 e. The van der Waals surface area contributed by atoms with Gasteiger partial charge in [-0.15, -0.1) is 0 Å². The van der Waals surface area contributed by atoms with Crippen LogP contribution in [0.25, 0.3) is 17.3 Å². The first-order valence-corrected chi connectivity index (χ1v) is 11.4. The molecule has 0 radical (unpaired) electrons. The number of halogens is 1. The Kier molecular flexibility index (Phi) is 6.07. The molecule has 0 saturated carbocycles. The minimum absolute atomic E-state index is 0.137. The molecule has 0 saturated heterocycles. The van der Waals surface area contributed by atoms with Crippen LogP contribution >= 0.6 is 0 Å². The Bertz CT molecular complexity index is 1310. The van der Waals surface area contributed by atoms with Crippen LogP contribution in [-0.4, -0.2) is 65.2 Å². The van der Waals surface area contributed by atoms with Crippen LogP contribution in [0.4, 0.5) is 10.3 Å². The van der Waals surface area contributed by atoms with Gasteiger partial charge in [-0.2, -0.15) is 0 Å². The zero-order chi connectivity index (χ0) is 29.9. The summed E-state index contributed by atoms with van der Waals surface area (Å²) < 4.78 is 86.3. The van der Waals surface area contributed by atoms with Gasteiger partial charge in [-0.05, 0) is 30.2 Å². The number of nitrogens with zero attached hydrogens (tertiary/aromatic N) is 3. The fraction of sp³-hybridized carbons (Fsp3) is 0.409. The van der Waals surface area contributed by atoms with E-state index in [0.29, 0.717) is 4.31 Å². The summed E-state index contributed by atoms with van der Waals surface area (Å²) in [4.78, 5) is 19.1. The van der Waals surface area contributed by atoms with Gasteiger partial charge in [0.05, 0.1) is 36.3 Å². The molecular formula is C22H28FN3O6S. The molecule has 0 amide bonds. The maximum atomic E-state index is 13.7. The number of benzene rings is 1. The van der Waals surface area contributed by atoms with E-state index >= 15 is 0 Å². The third kappa shape index (κ3) is 7.31. The normalized spacial score (nSPS) is 17.4. The summed E-state index contributed by atoms with van der Waals surface area (Å²) in [6.07, 6.45) is -1.01. The lowest BCUT2D eigenvalue weighted by atomic mass is 9.97. The van der Waals surface area contributed by atoms with Crippen LogP contribution in [-0.2, 0) is 14.8 Å². The lowest BCUT2D eigenvalue weighted by Crippen LogP contribution is -2.27. The van der Waals surface area contributed by atoms with Crippen LogP contribution in [0.15, 0.2) is 30.3 Å². The number of anilines is 1. The summed E-state index contributed by atoms with van der Waals surface area (Å²) in [6, 6.07) is 4.59. The molecular weight excluding hydrogens is 453 g/mol. The van der Waals surface area contributed by atoms with Gasteiger partial charge in [-0.25, -0.2) is 27.1 Å².